The summed E-state index contributed by atoms with van der Waals surface area (Å²) in [4.78, 5) is 4.24. The number of hydrogen-bond donors (Lipinski definition) is 3. The highest BCUT2D eigenvalue weighted by atomic mass is 16.5. The van der Waals surface area contributed by atoms with Crippen molar-refractivity contribution in [3.05, 3.63) is 47.7 Å². The second kappa shape index (κ2) is 8.14. The van der Waals surface area contributed by atoms with Crippen LogP contribution in [0.25, 0.3) is 0 Å². The van der Waals surface area contributed by atoms with Gasteiger partial charge >= 0.3 is 0 Å². The van der Waals surface area contributed by atoms with E-state index in [-0.39, 0.29) is 0 Å². The van der Waals surface area contributed by atoms with Crippen molar-refractivity contribution < 1.29 is 9.47 Å². The molecule has 0 aliphatic rings. The molecule has 0 bridgehead atoms. The minimum absolute atomic E-state index is 0.334. The van der Waals surface area contributed by atoms with E-state index in [2.05, 4.69) is 10.3 Å². The van der Waals surface area contributed by atoms with E-state index in [9.17, 15) is 0 Å². The fourth-order valence-electron chi connectivity index (χ4n) is 2.13. The topological polar surface area (TPSA) is 93.3 Å². The number of nitrogens with one attached hydrogen (secondary N) is 2. The molecule has 0 fully saturated rings. The third-order valence-corrected chi connectivity index (χ3v) is 3.27. The molecule has 2 rings (SSSR count). The van der Waals surface area contributed by atoms with Gasteiger partial charge in [-0.15, -0.1) is 0 Å². The van der Waals surface area contributed by atoms with Crippen LogP contribution in [-0.2, 0) is 4.74 Å². The molecule has 0 unspecified atom stereocenters. The van der Waals surface area contributed by atoms with Crippen LogP contribution in [0.15, 0.2) is 36.5 Å². The van der Waals surface area contributed by atoms with Gasteiger partial charge in [-0.05, 0) is 37.3 Å². The largest absolute Gasteiger partial charge is 0.494 e. The zero-order valence-electron chi connectivity index (χ0n) is 13.4. The summed E-state index contributed by atoms with van der Waals surface area (Å²) in [7, 11) is 1.65. The van der Waals surface area contributed by atoms with Gasteiger partial charge in [0.25, 0.3) is 0 Å². The van der Waals surface area contributed by atoms with Gasteiger partial charge in [0, 0.05) is 36.7 Å². The van der Waals surface area contributed by atoms with Crippen molar-refractivity contribution in [1.82, 2.24) is 4.98 Å². The molecule has 1 heterocycles. The monoisotopic (exact) mass is 314 g/mol. The first kappa shape index (κ1) is 16.8. The van der Waals surface area contributed by atoms with Gasteiger partial charge in [-0.25, -0.2) is 4.98 Å². The van der Waals surface area contributed by atoms with Gasteiger partial charge in [-0.3, -0.25) is 5.41 Å². The molecular weight excluding hydrogens is 292 g/mol. The highest BCUT2D eigenvalue weighted by molar-refractivity contribution is 6.14. The number of anilines is 2. The summed E-state index contributed by atoms with van der Waals surface area (Å²) < 4.78 is 10.5. The van der Waals surface area contributed by atoms with E-state index in [1.54, 1.807) is 37.6 Å². The number of methoxy groups -OCH3 is 1. The SMILES string of the molecule is CCOc1ccc(N)c(C(=N)c2ccnc(NCCOC)c2)c1. The average Bonchev–Trinajstić information content (AvgIpc) is 2.57. The molecule has 0 amide bonds. The maximum atomic E-state index is 8.43. The number of aromatic nitrogens is 1. The molecule has 0 aliphatic carbocycles. The Morgan fingerprint density at radius 2 is 2.13 bits per heavy atom. The van der Waals surface area contributed by atoms with E-state index in [1.807, 2.05) is 13.0 Å². The molecular formula is C17H22N4O2. The van der Waals surface area contributed by atoms with E-state index >= 15 is 0 Å². The number of hydrogen-bond acceptors (Lipinski definition) is 6. The Hall–Kier alpha value is -2.60. The average molecular weight is 314 g/mol. The molecule has 6 nitrogen and oxygen atoms in total. The summed E-state index contributed by atoms with van der Waals surface area (Å²) in [5.41, 5.74) is 8.28. The van der Waals surface area contributed by atoms with Gasteiger partial charge in [-0.2, -0.15) is 0 Å². The molecule has 0 atom stereocenters. The van der Waals surface area contributed by atoms with Crippen molar-refractivity contribution in [1.29, 1.82) is 5.41 Å². The maximum absolute atomic E-state index is 8.43. The predicted octanol–water partition coefficient (Wildman–Crippen LogP) is 2.54. The van der Waals surface area contributed by atoms with Gasteiger partial charge in [-0.1, -0.05) is 0 Å². The van der Waals surface area contributed by atoms with E-state index in [4.69, 9.17) is 20.6 Å². The first-order valence-corrected chi connectivity index (χ1v) is 7.46. The first-order chi connectivity index (χ1) is 11.2. The minimum atomic E-state index is 0.334. The number of nitrogen functional groups attached to an aromatic ring is 1. The van der Waals surface area contributed by atoms with Gasteiger partial charge in [0.2, 0.25) is 0 Å². The van der Waals surface area contributed by atoms with E-state index < -0.39 is 0 Å². The Kier molecular flexibility index (Phi) is 5.94. The van der Waals surface area contributed by atoms with Gasteiger partial charge < -0.3 is 20.5 Å². The third-order valence-electron chi connectivity index (χ3n) is 3.27. The first-order valence-electron chi connectivity index (χ1n) is 7.46. The van der Waals surface area contributed by atoms with E-state index in [0.717, 1.165) is 5.56 Å². The summed E-state index contributed by atoms with van der Waals surface area (Å²) >= 11 is 0. The fraction of sp³-hybridized carbons (Fsp3) is 0.294. The molecule has 0 saturated carbocycles. The molecule has 1 aromatic carbocycles. The van der Waals surface area contributed by atoms with Crippen LogP contribution >= 0.6 is 0 Å². The zero-order chi connectivity index (χ0) is 16.7. The maximum Gasteiger partial charge on any atom is 0.126 e. The lowest BCUT2D eigenvalue weighted by atomic mass is 10.0. The number of pyridine rings is 1. The molecule has 0 aliphatic heterocycles. The van der Waals surface area contributed by atoms with Crippen molar-refractivity contribution in [3.8, 4) is 5.75 Å². The molecule has 0 spiro atoms. The molecule has 4 N–H and O–H groups in total. The predicted molar refractivity (Wildman–Crippen MR) is 92.6 cm³/mol. The van der Waals surface area contributed by atoms with Crippen LogP contribution in [0.1, 0.15) is 18.1 Å². The van der Waals surface area contributed by atoms with Crippen LogP contribution in [0.4, 0.5) is 11.5 Å². The second-order valence-corrected chi connectivity index (χ2v) is 4.91. The number of nitrogens with two attached hydrogens (primary N) is 1. The van der Waals surface area contributed by atoms with Crippen molar-refractivity contribution in [2.45, 2.75) is 6.92 Å². The van der Waals surface area contributed by atoms with Gasteiger partial charge in [0.1, 0.15) is 11.6 Å². The van der Waals surface area contributed by atoms with Crippen molar-refractivity contribution in [2.24, 2.45) is 0 Å². The Bertz CT molecular complexity index is 673. The molecule has 23 heavy (non-hydrogen) atoms. The summed E-state index contributed by atoms with van der Waals surface area (Å²) in [6.07, 6.45) is 1.67. The lowest BCUT2D eigenvalue weighted by Gasteiger charge is -2.12. The van der Waals surface area contributed by atoms with Crippen LogP contribution in [0.2, 0.25) is 0 Å². The molecule has 1 aromatic heterocycles. The number of ether oxygens (including phenoxy) is 2. The van der Waals surface area contributed by atoms with Gasteiger partial charge in [0.05, 0.1) is 18.9 Å². The highest BCUT2D eigenvalue weighted by Crippen LogP contribution is 2.23. The Labute approximate surface area is 136 Å². The van der Waals surface area contributed by atoms with Crippen LogP contribution in [0, 0.1) is 5.41 Å². The summed E-state index contributed by atoms with van der Waals surface area (Å²) in [5, 5.41) is 11.6. The molecule has 6 heteroatoms. The minimum Gasteiger partial charge on any atom is -0.494 e. The lowest BCUT2D eigenvalue weighted by molar-refractivity contribution is 0.210. The zero-order valence-corrected chi connectivity index (χ0v) is 13.4. The Morgan fingerprint density at radius 3 is 2.87 bits per heavy atom. The smallest absolute Gasteiger partial charge is 0.126 e. The number of benzene rings is 1. The highest BCUT2D eigenvalue weighted by Gasteiger charge is 2.11. The quantitative estimate of drug-likeness (QED) is 0.395. The van der Waals surface area contributed by atoms with E-state index in [1.165, 1.54) is 0 Å². The van der Waals surface area contributed by atoms with E-state index in [0.29, 0.717) is 48.3 Å². The third kappa shape index (κ3) is 4.43. The number of nitrogens with zero attached hydrogens (tertiary/aromatic N) is 1. The Morgan fingerprint density at radius 1 is 1.30 bits per heavy atom. The fourth-order valence-corrected chi connectivity index (χ4v) is 2.13. The van der Waals surface area contributed by atoms with Crippen molar-refractivity contribution in [3.63, 3.8) is 0 Å². The summed E-state index contributed by atoms with van der Waals surface area (Å²) in [6.45, 7) is 3.73. The van der Waals surface area contributed by atoms with Crippen molar-refractivity contribution >= 4 is 17.2 Å². The van der Waals surface area contributed by atoms with Crippen LogP contribution in [0.3, 0.4) is 0 Å². The molecule has 2 aromatic rings. The lowest BCUT2D eigenvalue weighted by Crippen LogP contribution is -2.11. The molecule has 122 valence electrons. The van der Waals surface area contributed by atoms with Crippen molar-refractivity contribution in [2.75, 3.05) is 37.9 Å². The van der Waals surface area contributed by atoms with Gasteiger partial charge in [0.15, 0.2) is 0 Å². The Balaban J connectivity index is 2.23. The van der Waals surface area contributed by atoms with Crippen LogP contribution in [0.5, 0.6) is 5.75 Å². The molecule has 0 radical (unpaired) electrons. The second-order valence-electron chi connectivity index (χ2n) is 4.91. The standard InChI is InChI=1S/C17H22N4O2/c1-3-23-13-4-5-15(18)14(11-13)17(19)12-6-7-20-16(10-12)21-8-9-22-2/h4-7,10-11,19H,3,8-9,18H2,1-2H3,(H,20,21). The summed E-state index contributed by atoms with van der Waals surface area (Å²) in [6, 6.07) is 8.97. The number of rotatable bonds is 8. The molecule has 0 saturated heterocycles. The normalized spacial score (nSPS) is 10.3. The van der Waals surface area contributed by atoms with Crippen LogP contribution in [-0.4, -0.2) is 37.6 Å². The summed E-state index contributed by atoms with van der Waals surface area (Å²) in [5.74, 6) is 1.40. The van der Waals surface area contributed by atoms with Crippen LogP contribution < -0.4 is 15.8 Å².